The lowest BCUT2D eigenvalue weighted by Crippen LogP contribution is -2.18. The number of rotatable bonds is 4. The minimum absolute atomic E-state index is 0.0780. The summed E-state index contributed by atoms with van der Waals surface area (Å²) in [6.45, 7) is 3.69. The summed E-state index contributed by atoms with van der Waals surface area (Å²) >= 11 is 0. The van der Waals surface area contributed by atoms with Crippen molar-refractivity contribution in [2.45, 2.75) is 20.0 Å². The molecule has 0 saturated heterocycles. The average molecular weight is 299 g/mol. The van der Waals surface area contributed by atoms with E-state index in [1.807, 2.05) is 19.9 Å². The molecule has 2 N–H and O–H groups in total. The lowest BCUT2D eigenvalue weighted by molar-refractivity contribution is 0.0694. The van der Waals surface area contributed by atoms with E-state index in [9.17, 15) is 14.9 Å². The maximum atomic E-state index is 11.7. The minimum Gasteiger partial charge on any atom is -0.490 e. The van der Waals surface area contributed by atoms with Gasteiger partial charge in [-0.3, -0.25) is 4.79 Å². The largest absolute Gasteiger partial charge is 0.490 e. The Hall–Kier alpha value is -3.14. The molecule has 2 rings (SSSR count). The Morgan fingerprint density at radius 2 is 2.18 bits per heavy atom. The maximum Gasteiger partial charge on any atom is 0.342 e. The maximum absolute atomic E-state index is 11.7. The third kappa shape index (κ3) is 3.12. The number of H-pyrrole nitrogens is 1. The van der Waals surface area contributed by atoms with E-state index in [-0.39, 0.29) is 11.9 Å². The second-order valence-corrected chi connectivity index (χ2v) is 4.77. The molecule has 0 spiro atoms. The van der Waals surface area contributed by atoms with Gasteiger partial charge in [0.25, 0.3) is 5.56 Å². The molecule has 0 bridgehead atoms. The smallest absolute Gasteiger partial charge is 0.342 e. The van der Waals surface area contributed by atoms with Crippen LogP contribution in [0.15, 0.2) is 29.2 Å². The first-order valence-electron chi connectivity index (χ1n) is 6.46. The molecule has 7 nitrogen and oxygen atoms in total. The number of nitrogens with zero attached hydrogens (tertiary/aromatic N) is 2. The Bertz CT molecular complexity index is 818. The molecule has 0 atom stereocenters. The quantitative estimate of drug-likeness (QED) is 0.889. The van der Waals surface area contributed by atoms with Crippen molar-refractivity contribution in [2.75, 3.05) is 0 Å². The molecule has 0 aliphatic rings. The van der Waals surface area contributed by atoms with Gasteiger partial charge in [0.05, 0.1) is 11.7 Å². The molecular weight excluding hydrogens is 286 g/mol. The fraction of sp³-hybridized carbons (Fsp3) is 0.200. The van der Waals surface area contributed by atoms with Crippen molar-refractivity contribution in [1.82, 2.24) is 9.97 Å². The standard InChI is InChI=1S/C15H13N3O4/c1-8(2)22-12-4-3-9(5-10(12)6-16)13-17-7-11(15(20)21)14(19)18-13/h3-5,7-8H,1-2H3,(H,20,21)(H,17,18,19). The van der Waals surface area contributed by atoms with Crippen LogP contribution >= 0.6 is 0 Å². The molecule has 1 aromatic heterocycles. The van der Waals surface area contributed by atoms with E-state index < -0.39 is 17.1 Å². The van der Waals surface area contributed by atoms with Crippen molar-refractivity contribution in [3.63, 3.8) is 0 Å². The molecule has 0 unspecified atom stereocenters. The molecule has 0 aliphatic heterocycles. The number of benzene rings is 1. The van der Waals surface area contributed by atoms with Crippen molar-refractivity contribution < 1.29 is 14.6 Å². The van der Waals surface area contributed by atoms with Gasteiger partial charge >= 0.3 is 5.97 Å². The fourth-order valence-corrected chi connectivity index (χ4v) is 1.82. The second-order valence-electron chi connectivity index (χ2n) is 4.77. The van der Waals surface area contributed by atoms with Gasteiger partial charge in [0.2, 0.25) is 0 Å². The molecule has 2 aromatic rings. The van der Waals surface area contributed by atoms with Crippen LogP contribution in [0.3, 0.4) is 0 Å². The fourth-order valence-electron chi connectivity index (χ4n) is 1.82. The second kappa shape index (κ2) is 6.10. The Morgan fingerprint density at radius 3 is 2.73 bits per heavy atom. The minimum atomic E-state index is -1.35. The number of aromatic carboxylic acids is 1. The Kier molecular flexibility index (Phi) is 4.23. The number of carboxylic acid groups (broad SMARTS) is 1. The molecule has 0 aliphatic carbocycles. The van der Waals surface area contributed by atoms with Crippen molar-refractivity contribution in [3.8, 4) is 23.2 Å². The molecule has 0 amide bonds. The Balaban J connectivity index is 2.46. The normalized spacial score (nSPS) is 10.3. The first-order chi connectivity index (χ1) is 10.4. The number of hydrogen-bond acceptors (Lipinski definition) is 5. The molecular formula is C15H13N3O4. The third-order valence-electron chi connectivity index (χ3n) is 2.77. The van der Waals surface area contributed by atoms with Crippen LogP contribution in [0, 0.1) is 11.3 Å². The molecule has 1 heterocycles. The molecule has 22 heavy (non-hydrogen) atoms. The van der Waals surface area contributed by atoms with Crippen LogP contribution in [-0.2, 0) is 0 Å². The van der Waals surface area contributed by atoms with E-state index >= 15 is 0 Å². The summed E-state index contributed by atoms with van der Waals surface area (Å²) in [6.07, 6.45) is 0.909. The number of ether oxygens (including phenoxy) is 1. The van der Waals surface area contributed by atoms with E-state index in [0.717, 1.165) is 6.20 Å². The summed E-state index contributed by atoms with van der Waals surface area (Å²) in [7, 11) is 0. The Morgan fingerprint density at radius 1 is 1.45 bits per heavy atom. The summed E-state index contributed by atoms with van der Waals surface area (Å²) in [5.74, 6) is -0.730. The van der Waals surface area contributed by atoms with Gasteiger partial charge in [-0.2, -0.15) is 5.26 Å². The number of carbonyl (C=O) groups is 1. The highest BCUT2D eigenvalue weighted by Gasteiger charge is 2.13. The van der Waals surface area contributed by atoms with E-state index in [1.165, 1.54) is 6.07 Å². The van der Waals surface area contributed by atoms with E-state index in [0.29, 0.717) is 16.9 Å². The summed E-state index contributed by atoms with van der Waals surface area (Å²) < 4.78 is 5.51. The van der Waals surface area contributed by atoms with Crippen molar-refractivity contribution in [1.29, 1.82) is 5.26 Å². The highest BCUT2D eigenvalue weighted by Crippen LogP contribution is 2.24. The first kappa shape index (κ1) is 15.3. The van der Waals surface area contributed by atoms with E-state index in [1.54, 1.807) is 12.1 Å². The zero-order valence-electron chi connectivity index (χ0n) is 12.0. The lowest BCUT2D eigenvalue weighted by Gasteiger charge is -2.12. The van der Waals surface area contributed by atoms with Crippen molar-refractivity contribution >= 4 is 5.97 Å². The van der Waals surface area contributed by atoms with Crippen LogP contribution in [0.5, 0.6) is 5.75 Å². The van der Waals surface area contributed by atoms with Crippen LogP contribution in [0.25, 0.3) is 11.4 Å². The van der Waals surface area contributed by atoms with E-state index in [4.69, 9.17) is 9.84 Å². The number of nitrogens with one attached hydrogen (secondary N) is 1. The van der Waals surface area contributed by atoms with Gasteiger partial charge in [-0.1, -0.05) is 0 Å². The van der Waals surface area contributed by atoms with Crippen LogP contribution in [0.4, 0.5) is 0 Å². The predicted molar refractivity (Wildman–Crippen MR) is 77.7 cm³/mol. The number of carboxylic acids is 1. The van der Waals surface area contributed by atoms with Gasteiger partial charge in [-0.25, -0.2) is 9.78 Å². The topological polar surface area (TPSA) is 116 Å². The van der Waals surface area contributed by atoms with E-state index in [2.05, 4.69) is 9.97 Å². The van der Waals surface area contributed by atoms with Crippen LogP contribution in [0.2, 0.25) is 0 Å². The molecule has 7 heteroatoms. The summed E-state index contributed by atoms with van der Waals surface area (Å²) in [5.41, 5.74) is -0.402. The zero-order valence-corrected chi connectivity index (χ0v) is 12.0. The van der Waals surface area contributed by atoms with Crippen LogP contribution < -0.4 is 10.3 Å². The van der Waals surface area contributed by atoms with Crippen molar-refractivity contribution in [3.05, 3.63) is 45.9 Å². The van der Waals surface area contributed by atoms with Gasteiger partial charge in [-0.15, -0.1) is 0 Å². The first-order valence-corrected chi connectivity index (χ1v) is 6.46. The lowest BCUT2D eigenvalue weighted by atomic mass is 10.1. The third-order valence-corrected chi connectivity index (χ3v) is 2.77. The number of aromatic nitrogens is 2. The molecule has 112 valence electrons. The number of hydrogen-bond donors (Lipinski definition) is 2. The number of nitriles is 1. The SMILES string of the molecule is CC(C)Oc1ccc(-c2ncc(C(=O)O)c(=O)[nH]2)cc1C#N. The zero-order chi connectivity index (χ0) is 16.3. The number of aromatic amines is 1. The Labute approximate surface area is 125 Å². The van der Waals surface area contributed by atoms with Gasteiger partial charge in [-0.05, 0) is 32.0 Å². The van der Waals surface area contributed by atoms with Crippen LogP contribution in [-0.4, -0.2) is 27.1 Å². The average Bonchev–Trinajstić information content (AvgIpc) is 2.46. The monoisotopic (exact) mass is 299 g/mol. The highest BCUT2D eigenvalue weighted by molar-refractivity contribution is 5.86. The van der Waals surface area contributed by atoms with Crippen molar-refractivity contribution in [2.24, 2.45) is 0 Å². The summed E-state index contributed by atoms with van der Waals surface area (Å²) in [5, 5.41) is 18.0. The summed E-state index contributed by atoms with van der Waals surface area (Å²) in [6, 6.07) is 6.79. The predicted octanol–water partition coefficient (Wildman–Crippen LogP) is 1.79. The summed E-state index contributed by atoms with van der Waals surface area (Å²) in [4.78, 5) is 28.8. The molecule has 0 radical (unpaired) electrons. The van der Waals surface area contributed by atoms with Gasteiger partial charge in [0.15, 0.2) is 0 Å². The molecule has 0 saturated carbocycles. The molecule has 1 aromatic carbocycles. The van der Waals surface area contributed by atoms with Gasteiger partial charge in [0.1, 0.15) is 23.2 Å². The highest BCUT2D eigenvalue weighted by atomic mass is 16.5. The van der Waals surface area contributed by atoms with Gasteiger partial charge in [0, 0.05) is 11.8 Å². The van der Waals surface area contributed by atoms with Gasteiger partial charge < -0.3 is 14.8 Å². The molecule has 0 fully saturated rings. The van der Waals surface area contributed by atoms with Crippen LogP contribution in [0.1, 0.15) is 29.8 Å².